The van der Waals surface area contributed by atoms with E-state index in [1.165, 1.54) is 0 Å². The van der Waals surface area contributed by atoms with Crippen LogP contribution in [0, 0.1) is 5.41 Å². The van der Waals surface area contributed by atoms with Gasteiger partial charge < -0.3 is 10.4 Å². The summed E-state index contributed by atoms with van der Waals surface area (Å²) >= 11 is 0. The Bertz CT molecular complexity index is 558. The third-order valence-electron chi connectivity index (χ3n) is 3.41. The zero-order valence-corrected chi connectivity index (χ0v) is 12.8. The molecule has 1 fully saturated rings. The number of alkyl halides is 2. The first kappa shape index (κ1) is 18.0. The normalized spacial score (nSPS) is 14.8. The summed E-state index contributed by atoms with van der Waals surface area (Å²) in [6.07, 6.45) is -0.150. The van der Waals surface area contributed by atoms with E-state index >= 15 is 0 Å². The Morgan fingerprint density at radius 3 is 2.45 bits per heavy atom. The quantitative estimate of drug-likeness (QED) is 0.875. The third-order valence-corrected chi connectivity index (χ3v) is 3.41. The van der Waals surface area contributed by atoms with Crippen molar-refractivity contribution in [3.63, 3.8) is 0 Å². The molecule has 0 aromatic carbocycles. The zero-order valence-electron chi connectivity index (χ0n) is 12.8. The fraction of sp³-hybridized carbons (Fsp3) is 0.533. The first-order chi connectivity index (χ1) is 10.3. The Kier molecular flexibility index (Phi) is 5.96. The molecule has 0 aliphatic heterocycles. The van der Waals surface area contributed by atoms with Crippen molar-refractivity contribution in [3.8, 4) is 0 Å². The van der Waals surface area contributed by atoms with Crippen LogP contribution >= 0.6 is 0 Å². The lowest BCUT2D eigenvalue weighted by Crippen LogP contribution is -2.29. The van der Waals surface area contributed by atoms with Gasteiger partial charge in [-0.05, 0) is 24.5 Å². The summed E-state index contributed by atoms with van der Waals surface area (Å²) in [7, 11) is 0. The van der Waals surface area contributed by atoms with Crippen LogP contribution < -0.4 is 5.32 Å². The number of hydrogen-bond donors (Lipinski definition) is 2. The number of carbonyl (C=O) groups is 2. The topological polar surface area (TPSA) is 79.3 Å². The maximum absolute atomic E-state index is 12.6. The molecule has 5 nitrogen and oxygen atoms in total. The van der Waals surface area contributed by atoms with Crippen LogP contribution in [0.15, 0.2) is 12.3 Å². The fourth-order valence-electron chi connectivity index (χ4n) is 1.77. The van der Waals surface area contributed by atoms with Crippen molar-refractivity contribution in [2.24, 2.45) is 5.41 Å². The first-order valence-corrected chi connectivity index (χ1v) is 7.12. The van der Waals surface area contributed by atoms with E-state index in [0.717, 1.165) is 25.1 Å². The molecule has 1 heterocycles. The van der Waals surface area contributed by atoms with Crippen LogP contribution in [0.25, 0.3) is 0 Å². The molecule has 0 unspecified atom stereocenters. The standard InChI is InChI=1S/C13H14F2N2O3.C2H6/c1-13(2-3-13)12(20)17-6-7-4-8(11(18)19)9(10(14)15)16-5-7;1-2/h4-5,10H,2-3,6H2,1H3,(H,17,20)(H,18,19);1-2H3. The van der Waals surface area contributed by atoms with Crippen molar-refractivity contribution in [1.29, 1.82) is 0 Å². The number of nitrogens with zero attached hydrogens (tertiary/aromatic N) is 1. The number of carboxylic acids is 1. The molecule has 0 bridgehead atoms. The third kappa shape index (κ3) is 4.22. The first-order valence-electron chi connectivity index (χ1n) is 7.12. The molecular formula is C15H20F2N2O3. The molecule has 1 amide bonds. The van der Waals surface area contributed by atoms with Crippen molar-refractivity contribution >= 4 is 11.9 Å². The van der Waals surface area contributed by atoms with Gasteiger partial charge in [-0.2, -0.15) is 0 Å². The second-order valence-electron chi connectivity index (χ2n) is 5.13. The lowest BCUT2D eigenvalue weighted by Gasteiger charge is -2.11. The number of aromatic nitrogens is 1. The lowest BCUT2D eigenvalue weighted by molar-refractivity contribution is -0.125. The van der Waals surface area contributed by atoms with Gasteiger partial charge in [-0.3, -0.25) is 9.78 Å². The number of rotatable bonds is 5. The van der Waals surface area contributed by atoms with Crippen LogP contribution in [0.2, 0.25) is 0 Å². The van der Waals surface area contributed by atoms with Gasteiger partial charge in [-0.15, -0.1) is 0 Å². The van der Waals surface area contributed by atoms with Gasteiger partial charge in [-0.25, -0.2) is 13.6 Å². The predicted molar refractivity (Wildman–Crippen MR) is 76.7 cm³/mol. The van der Waals surface area contributed by atoms with Gasteiger partial charge in [0.25, 0.3) is 6.43 Å². The molecule has 1 aromatic heterocycles. The molecule has 1 aliphatic rings. The number of carboxylic acid groups (broad SMARTS) is 1. The van der Waals surface area contributed by atoms with Gasteiger partial charge in [0.2, 0.25) is 5.91 Å². The Morgan fingerprint density at radius 1 is 1.41 bits per heavy atom. The van der Waals surface area contributed by atoms with Crippen molar-refractivity contribution in [3.05, 3.63) is 29.1 Å². The molecule has 0 saturated heterocycles. The molecule has 1 saturated carbocycles. The number of halogens is 2. The van der Waals surface area contributed by atoms with Gasteiger partial charge in [0.05, 0.1) is 5.56 Å². The Morgan fingerprint density at radius 2 is 2.00 bits per heavy atom. The molecule has 0 atom stereocenters. The van der Waals surface area contributed by atoms with E-state index in [2.05, 4.69) is 10.3 Å². The Labute approximate surface area is 127 Å². The number of pyridine rings is 1. The molecule has 122 valence electrons. The number of hydrogen-bond acceptors (Lipinski definition) is 3. The summed E-state index contributed by atoms with van der Waals surface area (Å²) in [5.41, 5.74) is -1.26. The molecule has 7 heteroatoms. The van der Waals surface area contributed by atoms with E-state index < -0.39 is 23.7 Å². The highest BCUT2D eigenvalue weighted by molar-refractivity contribution is 5.89. The Hall–Kier alpha value is -2.05. The van der Waals surface area contributed by atoms with Crippen LogP contribution in [-0.2, 0) is 11.3 Å². The molecule has 0 radical (unpaired) electrons. The maximum Gasteiger partial charge on any atom is 0.337 e. The van der Waals surface area contributed by atoms with E-state index in [0.29, 0.717) is 5.56 Å². The second-order valence-corrected chi connectivity index (χ2v) is 5.13. The average molecular weight is 314 g/mol. The highest BCUT2D eigenvalue weighted by atomic mass is 19.3. The summed E-state index contributed by atoms with van der Waals surface area (Å²) in [5.74, 6) is -1.58. The number of amides is 1. The van der Waals surface area contributed by atoms with Gasteiger partial charge in [0, 0.05) is 18.2 Å². The van der Waals surface area contributed by atoms with E-state index in [4.69, 9.17) is 5.11 Å². The SMILES string of the molecule is CC.CC1(C(=O)NCc2cnc(C(F)F)c(C(=O)O)c2)CC1. The van der Waals surface area contributed by atoms with Crippen molar-refractivity contribution in [2.75, 3.05) is 0 Å². The monoisotopic (exact) mass is 314 g/mol. The number of aromatic carboxylic acids is 1. The summed E-state index contributed by atoms with van der Waals surface area (Å²) in [6.45, 7) is 5.91. The van der Waals surface area contributed by atoms with E-state index in [1.807, 2.05) is 20.8 Å². The summed E-state index contributed by atoms with van der Waals surface area (Å²) in [6, 6.07) is 1.12. The van der Waals surface area contributed by atoms with Gasteiger partial charge in [0.15, 0.2) is 0 Å². The minimum absolute atomic E-state index is 0.0746. The van der Waals surface area contributed by atoms with Gasteiger partial charge in [-0.1, -0.05) is 20.8 Å². The molecule has 2 rings (SSSR count). The Balaban J connectivity index is 0.00000116. The van der Waals surface area contributed by atoms with Gasteiger partial charge in [0.1, 0.15) is 5.69 Å². The van der Waals surface area contributed by atoms with Crippen LogP contribution in [0.1, 0.15) is 61.7 Å². The summed E-state index contributed by atoms with van der Waals surface area (Å²) in [4.78, 5) is 26.1. The van der Waals surface area contributed by atoms with Crippen LogP contribution in [0.5, 0.6) is 0 Å². The van der Waals surface area contributed by atoms with E-state index in [9.17, 15) is 18.4 Å². The average Bonchev–Trinajstić information content (AvgIpc) is 3.25. The van der Waals surface area contributed by atoms with Crippen LogP contribution in [0.3, 0.4) is 0 Å². The lowest BCUT2D eigenvalue weighted by atomic mass is 10.1. The van der Waals surface area contributed by atoms with Gasteiger partial charge >= 0.3 is 5.97 Å². The van der Waals surface area contributed by atoms with E-state index in [1.54, 1.807) is 0 Å². The van der Waals surface area contributed by atoms with Crippen molar-refractivity contribution in [2.45, 2.75) is 46.6 Å². The zero-order chi connectivity index (χ0) is 16.9. The number of nitrogens with one attached hydrogen (secondary N) is 1. The molecule has 22 heavy (non-hydrogen) atoms. The molecule has 1 aliphatic carbocycles. The van der Waals surface area contributed by atoms with Crippen LogP contribution in [-0.4, -0.2) is 22.0 Å². The maximum atomic E-state index is 12.6. The van der Waals surface area contributed by atoms with Crippen molar-refractivity contribution < 1.29 is 23.5 Å². The summed E-state index contributed by atoms with van der Waals surface area (Å²) in [5, 5.41) is 11.6. The molecule has 1 aromatic rings. The smallest absolute Gasteiger partial charge is 0.337 e. The highest BCUT2D eigenvalue weighted by Crippen LogP contribution is 2.45. The highest BCUT2D eigenvalue weighted by Gasteiger charge is 2.44. The van der Waals surface area contributed by atoms with Crippen molar-refractivity contribution in [1.82, 2.24) is 10.3 Å². The largest absolute Gasteiger partial charge is 0.478 e. The second kappa shape index (κ2) is 7.29. The molecular weight excluding hydrogens is 294 g/mol. The minimum atomic E-state index is -2.95. The van der Waals surface area contributed by atoms with Crippen LogP contribution in [0.4, 0.5) is 8.78 Å². The molecule has 0 spiro atoms. The minimum Gasteiger partial charge on any atom is -0.478 e. The number of carbonyl (C=O) groups excluding carboxylic acids is 1. The molecule has 2 N–H and O–H groups in total. The van der Waals surface area contributed by atoms with E-state index in [-0.39, 0.29) is 17.9 Å². The predicted octanol–water partition coefficient (Wildman–Crippen LogP) is 3.16. The fourth-order valence-corrected chi connectivity index (χ4v) is 1.77. The summed E-state index contributed by atoms with van der Waals surface area (Å²) < 4.78 is 25.2.